The molecule has 1 fully saturated rings. The zero-order valence-corrected chi connectivity index (χ0v) is 14.3. The van der Waals surface area contributed by atoms with Crippen LogP contribution in [0.1, 0.15) is 53.5 Å². The van der Waals surface area contributed by atoms with Gasteiger partial charge in [0.2, 0.25) is 0 Å². The van der Waals surface area contributed by atoms with Crippen molar-refractivity contribution in [1.29, 1.82) is 0 Å². The lowest BCUT2D eigenvalue weighted by molar-refractivity contribution is 0.0863. The van der Waals surface area contributed by atoms with Gasteiger partial charge in [-0.2, -0.15) is 5.10 Å². The van der Waals surface area contributed by atoms with Crippen LogP contribution in [0.5, 0.6) is 0 Å². The summed E-state index contributed by atoms with van der Waals surface area (Å²) in [7, 11) is 0. The minimum absolute atomic E-state index is 0.106. The zero-order valence-electron chi connectivity index (χ0n) is 14.3. The van der Waals surface area contributed by atoms with Crippen LogP contribution in [0.25, 0.3) is 5.69 Å². The van der Waals surface area contributed by atoms with E-state index in [1.54, 1.807) is 13.8 Å². The molecule has 0 spiro atoms. The van der Waals surface area contributed by atoms with Crippen molar-refractivity contribution in [2.75, 3.05) is 6.61 Å². The van der Waals surface area contributed by atoms with Crippen LogP contribution in [0.2, 0.25) is 0 Å². The molecule has 2 aliphatic rings. The van der Waals surface area contributed by atoms with Gasteiger partial charge < -0.3 is 10.4 Å². The first kappa shape index (κ1) is 15.4. The number of benzene rings is 1. The van der Waals surface area contributed by atoms with Gasteiger partial charge in [0.05, 0.1) is 23.5 Å². The van der Waals surface area contributed by atoms with Gasteiger partial charge in [0.15, 0.2) is 5.69 Å². The average Bonchev–Trinajstić information content (AvgIpc) is 3.04. The summed E-state index contributed by atoms with van der Waals surface area (Å²) in [4.78, 5) is 12.7. The van der Waals surface area contributed by atoms with E-state index in [0.29, 0.717) is 17.5 Å². The number of nitrogens with zero attached hydrogens (tertiary/aromatic N) is 2. The van der Waals surface area contributed by atoms with Crippen LogP contribution in [0.3, 0.4) is 0 Å². The third-order valence-corrected chi connectivity index (χ3v) is 5.17. The quantitative estimate of drug-likeness (QED) is 0.907. The second-order valence-corrected chi connectivity index (χ2v) is 7.71. The number of aromatic nitrogens is 2. The Hall–Kier alpha value is -2.14. The van der Waals surface area contributed by atoms with Crippen molar-refractivity contribution in [3.63, 3.8) is 0 Å². The summed E-state index contributed by atoms with van der Waals surface area (Å²) < 4.78 is 1.98. The highest BCUT2D eigenvalue weighted by atomic mass is 16.3. The Labute approximate surface area is 141 Å². The summed E-state index contributed by atoms with van der Waals surface area (Å²) in [5.41, 5.74) is 4.35. The van der Waals surface area contributed by atoms with E-state index in [4.69, 9.17) is 0 Å². The molecule has 0 radical (unpaired) electrons. The van der Waals surface area contributed by atoms with Gasteiger partial charge in [-0.05, 0) is 51.2 Å². The Morgan fingerprint density at radius 2 is 2.17 bits per heavy atom. The van der Waals surface area contributed by atoms with E-state index in [1.165, 1.54) is 12.1 Å². The fourth-order valence-electron chi connectivity index (χ4n) is 3.69. The van der Waals surface area contributed by atoms with Gasteiger partial charge in [-0.1, -0.05) is 18.2 Å². The van der Waals surface area contributed by atoms with Crippen molar-refractivity contribution in [3.8, 4) is 5.69 Å². The van der Waals surface area contributed by atoms with Gasteiger partial charge in [0.25, 0.3) is 5.91 Å². The maximum atomic E-state index is 12.7. The van der Waals surface area contributed by atoms with Crippen molar-refractivity contribution in [1.82, 2.24) is 15.1 Å². The van der Waals surface area contributed by atoms with Crippen molar-refractivity contribution in [3.05, 3.63) is 46.8 Å². The van der Waals surface area contributed by atoms with Gasteiger partial charge in [-0.3, -0.25) is 4.79 Å². The number of aliphatic hydroxyl groups is 1. The normalized spacial score (nSPS) is 21.3. The Bertz CT molecular complexity index is 822. The zero-order chi connectivity index (χ0) is 17.1. The minimum atomic E-state index is -0.655. The summed E-state index contributed by atoms with van der Waals surface area (Å²) in [5, 5.41) is 17.0. The van der Waals surface area contributed by atoms with Crippen LogP contribution in [0, 0.1) is 12.8 Å². The molecule has 0 aliphatic heterocycles. The molecule has 1 heterocycles. The molecule has 24 heavy (non-hydrogen) atoms. The first-order valence-corrected chi connectivity index (χ1v) is 8.52. The van der Waals surface area contributed by atoms with E-state index in [2.05, 4.69) is 29.5 Å². The molecule has 2 aliphatic carbocycles. The number of carbonyl (C=O) groups excluding carboxylic acids is 1. The van der Waals surface area contributed by atoms with Crippen LogP contribution in [0.4, 0.5) is 0 Å². The van der Waals surface area contributed by atoms with Crippen LogP contribution in [0.15, 0.2) is 24.3 Å². The fourth-order valence-corrected chi connectivity index (χ4v) is 3.69. The lowest BCUT2D eigenvalue weighted by Gasteiger charge is -2.23. The van der Waals surface area contributed by atoms with Crippen molar-refractivity contribution >= 4 is 5.91 Å². The summed E-state index contributed by atoms with van der Waals surface area (Å²) >= 11 is 0. The Balaban J connectivity index is 1.78. The third-order valence-electron chi connectivity index (χ3n) is 5.17. The first-order valence-electron chi connectivity index (χ1n) is 8.52. The second-order valence-electron chi connectivity index (χ2n) is 7.71. The molecule has 0 unspecified atom stereocenters. The molecule has 4 rings (SSSR count). The Morgan fingerprint density at radius 1 is 1.42 bits per heavy atom. The lowest BCUT2D eigenvalue weighted by atomic mass is 10.1. The fraction of sp³-hybridized carbons (Fsp3) is 0.474. The summed E-state index contributed by atoms with van der Waals surface area (Å²) in [6, 6.07) is 8.14. The number of aryl methyl sites for hydroxylation is 1. The standard InChI is InChI=1S/C19H23N3O2/c1-11-6-4-5-7-15(11)22-17-13-8-12(13)9-14(17)16(21-22)18(24)20-19(2,3)10-23/h4-7,12-13,23H,8-10H2,1-3H3,(H,20,24)/t12-,13-/m1/s1. The summed E-state index contributed by atoms with van der Waals surface area (Å²) in [6.45, 7) is 5.57. The van der Waals surface area contributed by atoms with Gasteiger partial charge in [-0.15, -0.1) is 0 Å². The molecule has 1 aromatic heterocycles. The highest BCUT2D eigenvalue weighted by Crippen LogP contribution is 2.57. The van der Waals surface area contributed by atoms with Crippen LogP contribution >= 0.6 is 0 Å². The molecule has 5 nitrogen and oxygen atoms in total. The lowest BCUT2D eigenvalue weighted by Crippen LogP contribution is -2.46. The molecular formula is C19H23N3O2. The number of amides is 1. The van der Waals surface area contributed by atoms with Crippen molar-refractivity contribution in [2.24, 2.45) is 5.92 Å². The summed E-state index contributed by atoms with van der Waals surface area (Å²) in [5.74, 6) is 1.02. The SMILES string of the molecule is Cc1ccccc1-n1nc(C(=O)NC(C)(C)CO)c2c1[C@@H]1C[C@@H]1C2. The van der Waals surface area contributed by atoms with E-state index >= 15 is 0 Å². The van der Waals surface area contributed by atoms with Crippen molar-refractivity contribution < 1.29 is 9.90 Å². The van der Waals surface area contributed by atoms with E-state index in [0.717, 1.165) is 23.2 Å². The topological polar surface area (TPSA) is 67.2 Å². The number of rotatable bonds is 4. The van der Waals surface area contributed by atoms with E-state index in [-0.39, 0.29) is 12.5 Å². The highest BCUT2D eigenvalue weighted by molar-refractivity contribution is 5.95. The van der Waals surface area contributed by atoms with Crippen LogP contribution in [-0.4, -0.2) is 32.9 Å². The van der Waals surface area contributed by atoms with Gasteiger partial charge in [0, 0.05) is 11.5 Å². The maximum Gasteiger partial charge on any atom is 0.272 e. The molecule has 0 bridgehead atoms. The highest BCUT2D eigenvalue weighted by Gasteiger charge is 2.50. The van der Waals surface area contributed by atoms with Gasteiger partial charge >= 0.3 is 0 Å². The largest absolute Gasteiger partial charge is 0.394 e. The molecule has 0 saturated heterocycles. The number of nitrogens with one attached hydrogen (secondary N) is 1. The number of para-hydroxylation sites is 1. The third kappa shape index (κ3) is 2.35. The smallest absolute Gasteiger partial charge is 0.272 e. The second kappa shape index (κ2) is 5.18. The predicted molar refractivity (Wildman–Crippen MR) is 91.5 cm³/mol. The molecule has 2 atom stereocenters. The monoisotopic (exact) mass is 325 g/mol. The predicted octanol–water partition coefficient (Wildman–Crippen LogP) is 2.34. The van der Waals surface area contributed by atoms with Gasteiger partial charge in [0.1, 0.15) is 0 Å². The van der Waals surface area contributed by atoms with E-state index in [9.17, 15) is 9.90 Å². The minimum Gasteiger partial charge on any atom is -0.394 e. The molecule has 2 aromatic rings. The van der Waals surface area contributed by atoms with E-state index in [1.807, 2.05) is 16.8 Å². The Morgan fingerprint density at radius 3 is 2.88 bits per heavy atom. The number of fused-ring (bicyclic) bond motifs is 3. The molecule has 1 amide bonds. The summed E-state index contributed by atoms with van der Waals surface area (Å²) in [6.07, 6.45) is 2.14. The van der Waals surface area contributed by atoms with Crippen molar-refractivity contribution in [2.45, 2.75) is 45.1 Å². The number of hydrogen-bond acceptors (Lipinski definition) is 3. The van der Waals surface area contributed by atoms with Gasteiger partial charge in [-0.25, -0.2) is 4.68 Å². The molecule has 2 N–H and O–H groups in total. The first-order chi connectivity index (χ1) is 11.4. The molecule has 1 aromatic carbocycles. The van der Waals surface area contributed by atoms with E-state index < -0.39 is 5.54 Å². The molecule has 5 heteroatoms. The molecular weight excluding hydrogens is 302 g/mol. The molecule has 126 valence electrons. The number of carbonyl (C=O) groups is 1. The Kier molecular flexibility index (Phi) is 3.32. The maximum absolute atomic E-state index is 12.7. The number of aliphatic hydroxyl groups excluding tert-OH is 1. The van der Waals surface area contributed by atoms with Crippen LogP contribution in [-0.2, 0) is 6.42 Å². The van der Waals surface area contributed by atoms with Crippen LogP contribution < -0.4 is 5.32 Å². The average molecular weight is 325 g/mol. The molecule has 1 saturated carbocycles. The number of hydrogen-bond donors (Lipinski definition) is 2.